The summed E-state index contributed by atoms with van der Waals surface area (Å²) < 4.78 is 6.19. The van der Waals surface area contributed by atoms with E-state index < -0.39 is 0 Å². The van der Waals surface area contributed by atoms with E-state index in [1.165, 1.54) is 87.6 Å². The molecule has 1 nitrogen and oxygen atoms in total. The molecule has 0 aliphatic heterocycles. The van der Waals surface area contributed by atoms with Gasteiger partial charge in [0, 0.05) is 16.2 Å². The van der Waals surface area contributed by atoms with E-state index in [1.54, 1.807) is 0 Å². The normalized spacial score (nSPS) is 13.8. The Morgan fingerprint density at radius 1 is 0.396 bits per heavy atom. The van der Waals surface area contributed by atoms with Gasteiger partial charge in [-0.1, -0.05) is 135 Å². The van der Waals surface area contributed by atoms with E-state index in [-0.39, 0.29) is 5.41 Å². The molecule has 0 atom stereocenters. The number of para-hydroxylation sites is 1. The van der Waals surface area contributed by atoms with Crippen molar-refractivity contribution in [1.82, 2.24) is 0 Å². The van der Waals surface area contributed by atoms with Crippen LogP contribution >= 0.6 is 0 Å². The zero-order chi connectivity index (χ0) is 31.7. The van der Waals surface area contributed by atoms with E-state index in [2.05, 4.69) is 153 Å². The van der Waals surface area contributed by atoms with Gasteiger partial charge in [0.15, 0.2) is 0 Å². The minimum atomic E-state index is -0.188. The Labute approximate surface area is 278 Å². The van der Waals surface area contributed by atoms with Crippen molar-refractivity contribution in [2.24, 2.45) is 0 Å². The summed E-state index contributed by atoms with van der Waals surface area (Å²) in [6.07, 6.45) is 0. The van der Waals surface area contributed by atoms with E-state index in [0.717, 1.165) is 21.9 Å². The van der Waals surface area contributed by atoms with Crippen LogP contribution in [0.2, 0.25) is 0 Å². The predicted molar refractivity (Wildman–Crippen MR) is 203 cm³/mol. The maximum absolute atomic E-state index is 6.19. The van der Waals surface area contributed by atoms with Gasteiger partial charge in [0.2, 0.25) is 0 Å². The first-order valence-corrected chi connectivity index (χ1v) is 16.8. The third-order valence-corrected chi connectivity index (χ3v) is 11.2. The van der Waals surface area contributed by atoms with Crippen molar-refractivity contribution in [2.45, 2.75) is 19.3 Å². The van der Waals surface area contributed by atoms with E-state index in [0.29, 0.717) is 0 Å². The molecule has 0 spiro atoms. The highest BCUT2D eigenvalue weighted by molar-refractivity contribution is 6.25. The largest absolute Gasteiger partial charge is 0.456 e. The molecule has 0 N–H and O–H groups in total. The molecule has 1 aliphatic rings. The lowest BCUT2D eigenvalue weighted by Crippen LogP contribution is -2.16. The number of hydrogen-bond donors (Lipinski definition) is 0. The molecule has 0 unspecified atom stereocenters. The molecule has 10 aromatic rings. The van der Waals surface area contributed by atoms with E-state index in [9.17, 15) is 0 Å². The van der Waals surface area contributed by atoms with Crippen molar-refractivity contribution >= 4 is 65.0 Å². The van der Waals surface area contributed by atoms with Gasteiger partial charge in [-0.25, -0.2) is 0 Å². The Bertz CT molecular complexity index is 2960. The van der Waals surface area contributed by atoms with Gasteiger partial charge in [0.05, 0.1) is 0 Å². The zero-order valence-electron chi connectivity index (χ0n) is 26.8. The average molecular weight is 611 g/mol. The van der Waals surface area contributed by atoms with Crippen LogP contribution in [0.3, 0.4) is 0 Å². The van der Waals surface area contributed by atoms with Gasteiger partial charge in [0.25, 0.3) is 0 Å². The highest BCUT2D eigenvalue weighted by Gasteiger charge is 2.38. The van der Waals surface area contributed by atoms with Crippen molar-refractivity contribution in [2.75, 3.05) is 0 Å². The van der Waals surface area contributed by atoms with Crippen molar-refractivity contribution in [1.29, 1.82) is 0 Å². The predicted octanol–water partition coefficient (Wildman–Crippen LogP) is 13.3. The maximum atomic E-state index is 6.19. The molecule has 1 aliphatic carbocycles. The van der Waals surface area contributed by atoms with Crippen LogP contribution in [0, 0.1) is 0 Å². The molecule has 0 saturated heterocycles. The van der Waals surface area contributed by atoms with Gasteiger partial charge in [-0.15, -0.1) is 0 Å². The fourth-order valence-electron chi connectivity index (χ4n) is 8.97. The van der Waals surface area contributed by atoms with Crippen LogP contribution in [0.15, 0.2) is 150 Å². The first-order chi connectivity index (χ1) is 23.5. The smallest absolute Gasteiger partial charge is 0.135 e. The molecule has 11 rings (SSSR count). The number of fused-ring (bicyclic) bond motifs is 8. The van der Waals surface area contributed by atoms with Crippen molar-refractivity contribution in [3.05, 3.63) is 157 Å². The molecule has 1 aromatic heterocycles. The Morgan fingerprint density at radius 3 is 1.88 bits per heavy atom. The molecular formula is C47H30O. The highest BCUT2D eigenvalue weighted by Crippen LogP contribution is 2.54. The Morgan fingerprint density at radius 2 is 1.02 bits per heavy atom. The number of hydrogen-bond acceptors (Lipinski definition) is 1. The van der Waals surface area contributed by atoms with Gasteiger partial charge in [-0.3, -0.25) is 0 Å². The molecule has 0 saturated carbocycles. The average Bonchev–Trinajstić information content (AvgIpc) is 3.61. The quantitative estimate of drug-likeness (QED) is 0.178. The highest BCUT2D eigenvalue weighted by atomic mass is 16.3. The second-order valence-electron chi connectivity index (χ2n) is 14.1. The number of benzene rings is 9. The molecule has 0 amide bonds. The molecule has 1 heterocycles. The first-order valence-electron chi connectivity index (χ1n) is 16.8. The van der Waals surface area contributed by atoms with Gasteiger partial charge in [-0.2, -0.15) is 0 Å². The van der Waals surface area contributed by atoms with E-state index in [1.807, 2.05) is 6.07 Å². The summed E-state index contributed by atoms with van der Waals surface area (Å²) in [4.78, 5) is 0. The van der Waals surface area contributed by atoms with Crippen molar-refractivity contribution in [3.63, 3.8) is 0 Å². The SMILES string of the molecule is CC1(C)c2cc(-c3ccc4ccc5cccc6ccc3c4c56)ccc2-c2ccc3cccc(-c4ccc5oc6ccccc6c5c4)c3c21. The van der Waals surface area contributed by atoms with E-state index >= 15 is 0 Å². The fourth-order valence-corrected chi connectivity index (χ4v) is 8.97. The summed E-state index contributed by atoms with van der Waals surface area (Å²) in [7, 11) is 0. The summed E-state index contributed by atoms with van der Waals surface area (Å²) in [6.45, 7) is 4.82. The zero-order valence-corrected chi connectivity index (χ0v) is 26.8. The van der Waals surface area contributed by atoms with Crippen LogP contribution in [-0.2, 0) is 5.41 Å². The number of furan rings is 1. The van der Waals surface area contributed by atoms with Crippen LogP contribution in [0.1, 0.15) is 25.0 Å². The monoisotopic (exact) mass is 610 g/mol. The van der Waals surface area contributed by atoms with Gasteiger partial charge in [0.1, 0.15) is 11.2 Å². The van der Waals surface area contributed by atoms with Gasteiger partial charge >= 0.3 is 0 Å². The van der Waals surface area contributed by atoms with Crippen LogP contribution in [0.5, 0.6) is 0 Å². The molecule has 0 bridgehead atoms. The third kappa shape index (κ3) is 3.35. The molecule has 0 radical (unpaired) electrons. The standard InChI is InChI=1S/C47H30O/c1-47(2)40-26-32(33-20-15-30-14-13-27-7-5-8-28-16-22-37(33)44(30)43(27)28)18-21-35(40)38-23-17-29-9-6-11-34(45(29)46(38)47)31-19-24-42-39(25-31)36-10-3-4-12-41(36)48-42/h3-26H,1-2H3. The molecule has 9 aromatic carbocycles. The number of rotatable bonds is 2. The van der Waals surface area contributed by atoms with E-state index in [4.69, 9.17) is 4.42 Å². The minimum absolute atomic E-state index is 0.188. The molecular weight excluding hydrogens is 581 g/mol. The summed E-state index contributed by atoms with van der Waals surface area (Å²) in [5.41, 5.74) is 12.2. The maximum Gasteiger partial charge on any atom is 0.135 e. The van der Waals surface area contributed by atoms with Crippen molar-refractivity contribution in [3.8, 4) is 33.4 Å². The van der Waals surface area contributed by atoms with Crippen LogP contribution in [0.4, 0.5) is 0 Å². The third-order valence-electron chi connectivity index (χ3n) is 11.2. The summed E-state index contributed by atoms with van der Waals surface area (Å²) in [5.74, 6) is 0. The second kappa shape index (κ2) is 9.12. The molecule has 224 valence electrons. The second-order valence-corrected chi connectivity index (χ2v) is 14.1. The molecule has 0 fully saturated rings. The molecule has 1 heteroatoms. The summed E-state index contributed by atoms with van der Waals surface area (Å²) in [6, 6.07) is 54.0. The Hall–Kier alpha value is -5.92. The lowest BCUT2D eigenvalue weighted by Gasteiger charge is -2.25. The molecule has 48 heavy (non-hydrogen) atoms. The fraction of sp³-hybridized carbons (Fsp3) is 0.0638. The Balaban J connectivity index is 1.12. The van der Waals surface area contributed by atoms with Crippen LogP contribution in [0.25, 0.3) is 98.4 Å². The summed E-state index contributed by atoms with van der Waals surface area (Å²) >= 11 is 0. The lowest BCUT2D eigenvalue weighted by atomic mass is 9.78. The first kappa shape index (κ1) is 26.2. The summed E-state index contributed by atoms with van der Waals surface area (Å²) in [5, 5.41) is 12.9. The Kier molecular flexibility index (Phi) is 4.97. The van der Waals surface area contributed by atoms with Crippen LogP contribution in [-0.4, -0.2) is 0 Å². The van der Waals surface area contributed by atoms with Crippen molar-refractivity contribution < 1.29 is 4.42 Å². The topological polar surface area (TPSA) is 13.1 Å². The van der Waals surface area contributed by atoms with Gasteiger partial charge < -0.3 is 4.42 Å². The van der Waals surface area contributed by atoms with Gasteiger partial charge in [-0.05, 0) is 112 Å². The minimum Gasteiger partial charge on any atom is -0.456 e. The van der Waals surface area contributed by atoms with Crippen LogP contribution < -0.4 is 0 Å². The lowest BCUT2D eigenvalue weighted by molar-refractivity contribution is 0.666.